The van der Waals surface area contributed by atoms with Gasteiger partial charge in [0.25, 0.3) is 0 Å². The molecular weight excluding hydrogens is 214 g/mol. The fourth-order valence-corrected chi connectivity index (χ4v) is 2.93. The molecule has 0 aliphatic heterocycles. The Morgan fingerprint density at radius 1 is 1.12 bits per heavy atom. The van der Waals surface area contributed by atoms with Gasteiger partial charge in [0.1, 0.15) is 0 Å². The summed E-state index contributed by atoms with van der Waals surface area (Å²) in [6.45, 7) is 7.01. The smallest absolute Gasteiger partial charge is 0.167 e. The molecule has 2 rings (SSSR count). The standard InChI is InChI=1S/C13H17NOSi/c1-16(2,3)10-12-9-13(15-14-12)11-7-5-4-6-8-11/h4-9H,10H2,1-3H3. The van der Waals surface area contributed by atoms with E-state index in [1.165, 1.54) is 0 Å². The number of hydrogen-bond acceptors (Lipinski definition) is 2. The van der Waals surface area contributed by atoms with Crippen molar-refractivity contribution >= 4 is 8.07 Å². The molecular formula is C13H17NOSi. The summed E-state index contributed by atoms with van der Waals surface area (Å²) in [5.41, 5.74) is 2.18. The Labute approximate surface area is 97.3 Å². The van der Waals surface area contributed by atoms with E-state index in [0.29, 0.717) is 0 Å². The molecule has 2 nitrogen and oxygen atoms in total. The average molecular weight is 231 g/mol. The van der Waals surface area contributed by atoms with Crippen LogP contribution < -0.4 is 0 Å². The molecule has 0 fully saturated rings. The van der Waals surface area contributed by atoms with E-state index in [-0.39, 0.29) is 0 Å². The van der Waals surface area contributed by atoms with Crippen molar-refractivity contribution in [2.75, 3.05) is 0 Å². The molecule has 1 aromatic heterocycles. The van der Waals surface area contributed by atoms with Gasteiger partial charge in [-0.25, -0.2) is 0 Å². The molecule has 0 aliphatic rings. The van der Waals surface area contributed by atoms with E-state index in [1.807, 2.05) is 30.3 Å². The molecule has 0 amide bonds. The zero-order valence-electron chi connectivity index (χ0n) is 10.0. The van der Waals surface area contributed by atoms with Gasteiger partial charge >= 0.3 is 0 Å². The Hall–Kier alpha value is -1.35. The maximum Gasteiger partial charge on any atom is 0.167 e. The maximum absolute atomic E-state index is 5.37. The molecule has 2 aromatic rings. The lowest BCUT2D eigenvalue weighted by Crippen LogP contribution is -2.23. The summed E-state index contributed by atoms with van der Waals surface area (Å²) in [7, 11) is -1.11. The first-order chi connectivity index (χ1) is 7.54. The Morgan fingerprint density at radius 2 is 1.81 bits per heavy atom. The van der Waals surface area contributed by atoms with Crippen molar-refractivity contribution in [1.82, 2.24) is 5.16 Å². The third-order valence-corrected chi connectivity index (χ3v) is 3.75. The largest absolute Gasteiger partial charge is 0.356 e. The summed E-state index contributed by atoms with van der Waals surface area (Å²) in [4.78, 5) is 0. The summed E-state index contributed by atoms with van der Waals surface area (Å²) in [6, 6.07) is 13.2. The summed E-state index contributed by atoms with van der Waals surface area (Å²) >= 11 is 0. The quantitative estimate of drug-likeness (QED) is 0.752. The van der Waals surface area contributed by atoms with Crippen LogP contribution in [0, 0.1) is 0 Å². The van der Waals surface area contributed by atoms with Gasteiger partial charge < -0.3 is 4.52 Å². The van der Waals surface area contributed by atoms with Crippen molar-refractivity contribution < 1.29 is 4.52 Å². The molecule has 0 saturated heterocycles. The van der Waals surface area contributed by atoms with Crippen LogP contribution in [-0.4, -0.2) is 13.2 Å². The van der Waals surface area contributed by atoms with Crippen LogP contribution in [0.15, 0.2) is 40.9 Å². The van der Waals surface area contributed by atoms with Crippen LogP contribution in [0.5, 0.6) is 0 Å². The maximum atomic E-state index is 5.37. The van der Waals surface area contributed by atoms with Gasteiger partial charge in [0.15, 0.2) is 5.76 Å². The van der Waals surface area contributed by atoms with Crippen LogP contribution in [-0.2, 0) is 6.04 Å². The Bertz CT molecular complexity index is 456. The average Bonchev–Trinajstić information content (AvgIpc) is 2.65. The van der Waals surface area contributed by atoms with Gasteiger partial charge in [-0.05, 0) is 6.04 Å². The van der Waals surface area contributed by atoms with Crippen LogP contribution in [0.25, 0.3) is 11.3 Å². The van der Waals surface area contributed by atoms with Gasteiger partial charge in [-0.3, -0.25) is 0 Å². The predicted octanol–water partition coefficient (Wildman–Crippen LogP) is 3.76. The van der Waals surface area contributed by atoms with Gasteiger partial charge in [-0.1, -0.05) is 55.1 Å². The lowest BCUT2D eigenvalue weighted by Gasteiger charge is -2.12. The molecule has 0 aliphatic carbocycles. The van der Waals surface area contributed by atoms with Crippen LogP contribution >= 0.6 is 0 Å². The highest BCUT2D eigenvalue weighted by Crippen LogP contribution is 2.21. The minimum absolute atomic E-state index is 0.869. The molecule has 1 aromatic carbocycles. The van der Waals surface area contributed by atoms with Gasteiger partial charge in [0, 0.05) is 11.6 Å². The second-order valence-corrected chi connectivity index (χ2v) is 10.8. The highest BCUT2D eigenvalue weighted by molar-refractivity contribution is 6.75. The SMILES string of the molecule is C[Si](C)(C)Cc1cc(-c2ccccc2)on1. The van der Waals surface area contributed by atoms with Crippen molar-refractivity contribution in [2.24, 2.45) is 0 Å². The molecule has 0 spiro atoms. The first-order valence-corrected chi connectivity index (χ1v) is 9.26. The number of nitrogens with zero attached hydrogens (tertiary/aromatic N) is 1. The topological polar surface area (TPSA) is 26.0 Å². The summed E-state index contributed by atoms with van der Waals surface area (Å²) in [6.07, 6.45) is 0. The molecule has 1 heterocycles. The molecule has 3 heteroatoms. The van der Waals surface area contributed by atoms with E-state index in [1.54, 1.807) is 0 Å². The summed E-state index contributed by atoms with van der Waals surface area (Å²) in [5.74, 6) is 0.869. The number of benzene rings is 1. The number of hydrogen-bond donors (Lipinski definition) is 0. The van der Waals surface area contributed by atoms with Crippen molar-refractivity contribution in [3.63, 3.8) is 0 Å². The van der Waals surface area contributed by atoms with E-state index >= 15 is 0 Å². The Balaban J connectivity index is 2.21. The third-order valence-electron chi connectivity index (χ3n) is 2.33. The fraction of sp³-hybridized carbons (Fsp3) is 0.308. The molecule has 0 bridgehead atoms. The second-order valence-electron chi connectivity index (χ2n) is 5.29. The van der Waals surface area contributed by atoms with Crippen LogP contribution in [0.1, 0.15) is 5.69 Å². The highest BCUT2D eigenvalue weighted by atomic mass is 28.3. The minimum atomic E-state index is -1.11. The molecule has 0 unspecified atom stereocenters. The number of rotatable bonds is 3. The normalized spacial score (nSPS) is 11.7. The zero-order chi connectivity index (χ0) is 11.6. The fourth-order valence-electron chi connectivity index (χ4n) is 1.68. The second kappa shape index (κ2) is 4.26. The van der Waals surface area contributed by atoms with Crippen molar-refractivity contribution in [3.8, 4) is 11.3 Å². The zero-order valence-corrected chi connectivity index (χ0v) is 11.0. The van der Waals surface area contributed by atoms with Crippen LogP contribution in [0.4, 0.5) is 0 Å². The van der Waals surface area contributed by atoms with Crippen LogP contribution in [0.2, 0.25) is 19.6 Å². The molecule has 16 heavy (non-hydrogen) atoms. The van der Waals surface area contributed by atoms with Gasteiger partial charge in [0.05, 0.1) is 13.8 Å². The van der Waals surface area contributed by atoms with Crippen LogP contribution in [0.3, 0.4) is 0 Å². The highest BCUT2D eigenvalue weighted by Gasteiger charge is 2.17. The van der Waals surface area contributed by atoms with Gasteiger partial charge in [-0.2, -0.15) is 0 Å². The minimum Gasteiger partial charge on any atom is -0.356 e. The lowest BCUT2D eigenvalue weighted by atomic mass is 10.2. The molecule has 0 atom stereocenters. The van der Waals surface area contributed by atoms with E-state index in [0.717, 1.165) is 23.1 Å². The van der Waals surface area contributed by atoms with E-state index in [2.05, 4.69) is 30.9 Å². The summed E-state index contributed by atoms with van der Waals surface area (Å²) < 4.78 is 5.37. The van der Waals surface area contributed by atoms with E-state index in [4.69, 9.17) is 4.52 Å². The van der Waals surface area contributed by atoms with Crippen molar-refractivity contribution in [1.29, 1.82) is 0 Å². The van der Waals surface area contributed by atoms with E-state index < -0.39 is 8.07 Å². The molecule has 0 N–H and O–H groups in total. The first kappa shape index (κ1) is 11.1. The van der Waals surface area contributed by atoms with Crippen molar-refractivity contribution in [3.05, 3.63) is 42.1 Å². The monoisotopic (exact) mass is 231 g/mol. The summed E-state index contributed by atoms with van der Waals surface area (Å²) in [5, 5.41) is 4.14. The van der Waals surface area contributed by atoms with Gasteiger partial charge in [0.2, 0.25) is 0 Å². The Morgan fingerprint density at radius 3 is 2.44 bits per heavy atom. The molecule has 0 radical (unpaired) electrons. The van der Waals surface area contributed by atoms with E-state index in [9.17, 15) is 0 Å². The molecule has 84 valence electrons. The van der Waals surface area contributed by atoms with Gasteiger partial charge in [-0.15, -0.1) is 0 Å². The first-order valence-electron chi connectivity index (χ1n) is 5.56. The number of aromatic nitrogens is 1. The Kier molecular flexibility index (Phi) is 2.96. The predicted molar refractivity (Wildman–Crippen MR) is 69.0 cm³/mol. The molecule has 0 saturated carbocycles. The van der Waals surface area contributed by atoms with Crippen molar-refractivity contribution in [2.45, 2.75) is 25.7 Å². The third kappa shape index (κ3) is 2.82. The lowest BCUT2D eigenvalue weighted by molar-refractivity contribution is 0.426.